The zero-order chi connectivity index (χ0) is 18.0. The van der Waals surface area contributed by atoms with Crippen LogP contribution in [0, 0.1) is 5.92 Å². The first kappa shape index (κ1) is 17.3. The Morgan fingerprint density at radius 2 is 1.96 bits per heavy atom. The van der Waals surface area contributed by atoms with Gasteiger partial charge in [-0.2, -0.15) is 5.10 Å². The molecule has 7 heteroatoms. The van der Waals surface area contributed by atoms with Crippen LogP contribution in [-0.4, -0.2) is 45.5 Å². The van der Waals surface area contributed by atoms with E-state index < -0.39 is 0 Å². The van der Waals surface area contributed by atoms with Crippen LogP contribution in [-0.2, 0) is 6.42 Å². The van der Waals surface area contributed by atoms with E-state index in [1.54, 1.807) is 9.58 Å². The van der Waals surface area contributed by atoms with Gasteiger partial charge in [0.25, 0.3) is 5.91 Å². The SMILES string of the molecule is CCN(CC)C(=O)c1nc(CC(C)C)nn1-c1ccc2c(c1)OCO2. The number of fused-ring (bicyclic) bond motifs is 1. The van der Waals surface area contributed by atoms with Gasteiger partial charge in [-0.3, -0.25) is 4.79 Å². The van der Waals surface area contributed by atoms with Crippen LogP contribution >= 0.6 is 0 Å². The van der Waals surface area contributed by atoms with Gasteiger partial charge in [0.05, 0.1) is 5.69 Å². The number of rotatable bonds is 6. The van der Waals surface area contributed by atoms with Crippen LogP contribution in [0.25, 0.3) is 5.69 Å². The normalized spacial score (nSPS) is 12.7. The molecule has 1 aliphatic heterocycles. The average molecular weight is 344 g/mol. The number of hydrogen-bond acceptors (Lipinski definition) is 5. The summed E-state index contributed by atoms with van der Waals surface area (Å²) in [6.07, 6.45) is 0.718. The zero-order valence-electron chi connectivity index (χ0n) is 15.2. The van der Waals surface area contributed by atoms with E-state index in [0.29, 0.717) is 42.2 Å². The van der Waals surface area contributed by atoms with Crippen molar-refractivity contribution in [2.45, 2.75) is 34.1 Å². The lowest BCUT2D eigenvalue weighted by Crippen LogP contribution is -2.32. The van der Waals surface area contributed by atoms with E-state index >= 15 is 0 Å². The van der Waals surface area contributed by atoms with E-state index in [1.807, 2.05) is 32.0 Å². The molecule has 1 aliphatic rings. The van der Waals surface area contributed by atoms with Crippen molar-refractivity contribution >= 4 is 5.91 Å². The molecule has 1 aromatic carbocycles. The molecule has 2 heterocycles. The van der Waals surface area contributed by atoms with Crippen molar-refractivity contribution in [2.24, 2.45) is 5.92 Å². The van der Waals surface area contributed by atoms with Crippen molar-refractivity contribution in [3.05, 3.63) is 29.8 Å². The van der Waals surface area contributed by atoms with Crippen molar-refractivity contribution < 1.29 is 14.3 Å². The van der Waals surface area contributed by atoms with E-state index in [1.165, 1.54) is 0 Å². The van der Waals surface area contributed by atoms with Gasteiger partial charge < -0.3 is 14.4 Å². The lowest BCUT2D eigenvalue weighted by Gasteiger charge is -2.18. The Hall–Kier alpha value is -2.57. The van der Waals surface area contributed by atoms with E-state index in [2.05, 4.69) is 23.9 Å². The Morgan fingerprint density at radius 3 is 2.64 bits per heavy atom. The number of ether oxygens (including phenoxy) is 2. The Balaban J connectivity index is 2.04. The van der Waals surface area contributed by atoms with Gasteiger partial charge in [-0.1, -0.05) is 13.8 Å². The van der Waals surface area contributed by atoms with Crippen LogP contribution in [0.2, 0.25) is 0 Å². The van der Waals surface area contributed by atoms with Crippen LogP contribution in [0.3, 0.4) is 0 Å². The molecular weight excluding hydrogens is 320 g/mol. The molecule has 2 aromatic rings. The number of benzene rings is 1. The van der Waals surface area contributed by atoms with Crippen molar-refractivity contribution in [3.8, 4) is 17.2 Å². The summed E-state index contributed by atoms with van der Waals surface area (Å²) in [5.41, 5.74) is 0.738. The van der Waals surface area contributed by atoms with E-state index in [-0.39, 0.29) is 12.7 Å². The summed E-state index contributed by atoms with van der Waals surface area (Å²) < 4.78 is 12.4. The molecule has 0 aliphatic carbocycles. The maximum atomic E-state index is 12.9. The van der Waals surface area contributed by atoms with Gasteiger partial charge in [-0.15, -0.1) is 0 Å². The van der Waals surface area contributed by atoms with E-state index in [9.17, 15) is 4.79 Å². The molecule has 7 nitrogen and oxygen atoms in total. The molecule has 0 N–H and O–H groups in total. The standard InChI is InChI=1S/C18H24N4O3/c1-5-21(6-2)18(23)17-19-16(9-12(3)4)20-22(17)13-7-8-14-15(10-13)25-11-24-14/h7-8,10,12H,5-6,9,11H2,1-4H3. The number of aromatic nitrogens is 3. The second-order valence-electron chi connectivity index (χ2n) is 6.38. The first-order valence-electron chi connectivity index (χ1n) is 8.68. The molecule has 1 aromatic heterocycles. The third-order valence-electron chi connectivity index (χ3n) is 4.08. The largest absolute Gasteiger partial charge is 0.454 e. The number of amides is 1. The molecule has 0 radical (unpaired) electrons. The molecule has 0 bridgehead atoms. The molecule has 0 fully saturated rings. The topological polar surface area (TPSA) is 69.5 Å². The lowest BCUT2D eigenvalue weighted by atomic mass is 10.1. The third kappa shape index (κ3) is 3.45. The van der Waals surface area contributed by atoms with Crippen LogP contribution in [0.15, 0.2) is 18.2 Å². The minimum absolute atomic E-state index is 0.120. The lowest BCUT2D eigenvalue weighted by molar-refractivity contribution is 0.0757. The fourth-order valence-corrected chi connectivity index (χ4v) is 2.79. The minimum Gasteiger partial charge on any atom is -0.454 e. The quantitative estimate of drug-likeness (QED) is 0.806. The van der Waals surface area contributed by atoms with Crippen molar-refractivity contribution in [1.29, 1.82) is 0 Å². The summed E-state index contributed by atoms with van der Waals surface area (Å²) in [7, 11) is 0. The van der Waals surface area contributed by atoms with Crippen molar-refractivity contribution in [3.63, 3.8) is 0 Å². The van der Waals surface area contributed by atoms with Crippen LogP contribution in [0.5, 0.6) is 11.5 Å². The number of carbonyl (C=O) groups is 1. The summed E-state index contributed by atoms with van der Waals surface area (Å²) in [4.78, 5) is 19.1. The predicted octanol–water partition coefficient (Wildman–Crippen LogP) is 2.68. The highest BCUT2D eigenvalue weighted by Crippen LogP contribution is 2.33. The fourth-order valence-electron chi connectivity index (χ4n) is 2.79. The van der Waals surface area contributed by atoms with Gasteiger partial charge in [0.1, 0.15) is 0 Å². The summed E-state index contributed by atoms with van der Waals surface area (Å²) in [5, 5.41) is 4.58. The summed E-state index contributed by atoms with van der Waals surface area (Å²) >= 11 is 0. The molecule has 0 spiro atoms. The molecular formula is C18H24N4O3. The summed E-state index contributed by atoms with van der Waals surface area (Å²) in [6, 6.07) is 5.52. The Kier molecular flexibility index (Phi) is 4.92. The van der Waals surface area contributed by atoms with Crippen LogP contribution in [0.4, 0.5) is 0 Å². The van der Waals surface area contributed by atoms with Gasteiger partial charge in [-0.05, 0) is 31.9 Å². The molecule has 0 saturated carbocycles. The highest BCUT2D eigenvalue weighted by Gasteiger charge is 2.24. The number of carbonyl (C=O) groups excluding carboxylic acids is 1. The fraction of sp³-hybridized carbons (Fsp3) is 0.500. The van der Waals surface area contributed by atoms with Gasteiger partial charge >= 0.3 is 0 Å². The molecule has 0 unspecified atom stereocenters. The Labute approximate surface area is 147 Å². The molecule has 1 amide bonds. The minimum atomic E-state index is -0.120. The maximum Gasteiger partial charge on any atom is 0.291 e. The first-order chi connectivity index (χ1) is 12.0. The first-order valence-corrected chi connectivity index (χ1v) is 8.68. The summed E-state index contributed by atoms with van der Waals surface area (Å²) in [5.74, 6) is 2.64. The molecule has 3 rings (SSSR count). The number of nitrogens with zero attached hydrogens (tertiary/aromatic N) is 4. The molecule has 0 atom stereocenters. The smallest absolute Gasteiger partial charge is 0.291 e. The predicted molar refractivity (Wildman–Crippen MR) is 93.3 cm³/mol. The van der Waals surface area contributed by atoms with Gasteiger partial charge in [0, 0.05) is 25.6 Å². The molecule has 134 valence electrons. The van der Waals surface area contributed by atoms with Gasteiger partial charge in [0.2, 0.25) is 12.6 Å². The monoisotopic (exact) mass is 344 g/mol. The van der Waals surface area contributed by atoms with Gasteiger partial charge in [-0.25, -0.2) is 9.67 Å². The highest BCUT2D eigenvalue weighted by molar-refractivity contribution is 5.91. The van der Waals surface area contributed by atoms with Crippen LogP contribution < -0.4 is 9.47 Å². The summed E-state index contributed by atoms with van der Waals surface area (Å²) in [6.45, 7) is 9.58. The zero-order valence-corrected chi connectivity index (χ0v) is 15.2. The van der Waals surface area contributed by atoms with Gasteiger partial charge in [0.15, 0.2) is 17.3 Å². The average Bonchev–Trinajstić information content (AvgIpc) is 3.21. The maximum absolute atomic E-state index is 12.9. The Bertz CT molecular complexity index is 766. The van der Waals surface area contributed by atoms with E-state index in [4.69, 9.17) is 9.47 Å². The Morgan fingerprint density at radius 1 is 1.24 bits per heavy atom. The van der Waals surface area contributed by atoms with E-state index in [0.717, 1.165) is 12.1 Å². The second-order valence-corrected chi connectivity index (χ2v) is 6.38. The number of hydrogen-bond donors (Lipinski definition) is 0. The molecule has 0 saturated heterocycles. The van der Waals surface area contributed by atoms with Crippen LogP contribution in [0.1, 0.15) is 44.1 Å². The second kappa shape index (κ2) is 7.13. The van der Waals surface area contributed by atoms with Crippen molar-refractivity contribution in [2.75, 3.05) is 19.9 Å². The van der Waals surface area contributed by atoms with Crippen molar-refractivity contribution in [1.82, 2.24) is 19.7 Å². The third-order valence-corrected chi connectivity index (χ3v) is 4.08. The highest BCUT2D eigenvalue weighted by atomic mass is 16.7. The molecule has 25 heavy (non-hydrogen) atoms.